The Morgan fingerprint density at radius 3 is 2.87 bits per heavy atom. The minimum atomic E-state index is -3.51. The maximum Gasteiger partial charge on any atom is 0.162 e. The summed E-state index contributed by atoms with van der Waals surface area (Å²) >= 11 is 5.86. The molecule has 7 nitrogen and oxygen atoms in total. The number of hydrogen-bond donors (Lipinski definition) is 1. The lowest BCUT2D eigenvalue weighted by Gasteiger charge is -2.26. The molecule has 164 valence electrons. The van der Waals surface area contributed by atoms with Gasteiger partial charge in [-0.25, -0.2) is 14.4 Å². The molecule has 1 fully saturated rings. The highest BCUT2D eigenvalue weighted by Gasteiger charge is 2.14. The van der Waals surface area contributed by atoms with Gasteiger partial charge in [0.05, 0.1) is 45.6 Å². The molecule has 4 rings (SSSR count). The third-order valence-corrected chi connectivity index (χ3v) is 4.47. The molecule has 31 heavy (non-hydrogen) atoms. The van der Waals surface area contributed by atoms with Gasteiger partial charge in [0.1, 0.15) is 18.0 Å². The Kier molecular flexibility index (Phi) is 4.03. The highest BCUT2D eigenvalue weighted by Crippen LogP contribution is 2.35. The summed E-state index contributed by atoms with van der Waals surface area (Å²) in [5, 5.41) is 3.04. The minimum absolute atomic E-state index is 0.0775. The standard InChI is InChI=1S/C22H24ClFN4O3/c1-29-20-13-19-16(12-21(20)31-8-2-5-28-6-9-30-10-7-28)22(26-14-25-19)27-15-3-4-18(24)17(23)11-15/h3-4,11-14H,2,5-10H2,1H3,(H,25,26,27)/i2D2,5D2,8D2,9D2,10D2. The molecule has 0 bridgehead atoms. The molecule has 2 aromatic carbocycles. The number of nitrogens with zero attached hydrogens (tertiary/aromatic N) is 3. The molecule has 0 aliphatic carbocycles. The molecule has 0 radical (unpaired) electrons. The molecule has 1 aliphatic rings. The first-order valence-corrected chi connectivity index (χ1v) is 9.35. The summed E-state index contributed by atoms with van der Waals surface area (Å²) in [6, 6.07) is 6.47. The van der Waals surface area contributed by atoms with Crippen LogP contribution in [0.1, 0.15) is 20.1 Å². The van der Waals surface area contributed by atoms with Gasteiger partial charge in [-0.15, -0.1) is 0 Å². The summed E-state index contributed by atoms with van der Waals surface area (Å²) in [6.07, 6.45) is -2.29. The second kappa shape index (κ2) is 10.1. The topological polar surface area (TPSA) is 68.7 Å². The van der Waals surface area contributed by atoms with E-state index >= 15 is 0 Å². The SMILES string of the molecule is [2H]C1([2H])CN(C([2H])([2H])C([2H])([2H])C([2H])([2H])Oc2cc3c(Nc4ccc(F)c(Cl)c4)ncnc3cc2OC)CC([2H])([2H])O1. The van der Waals surface area contributed by atoms with Crippen LogP contribution >= 0.6 is 11.6 Å². The van der Waals surface area contributed by atoms with Crippen LogP contribution in [0.15, 0.2) is 36.7 Å². The number of halogens is 2. The summed E-state index contributed by atoms with van der Waals surface area (Å²) in [5.74, 6) is -0.897. The van der Waals surface area contributed by atoms with Crippen molar-refractivity contribution in [2.75, 3.05) is 51.7 Å². The van der Waals surface area contributed by atoms with Crippen molar-refractivity contribution in [3.8, 4) is 11.5 Å². The number of fused-ring (bicyclic) bond motifs is 1. The molecule has 2 heterocycles. The van der Waals surface area contributed by atoms with Crippen LogP contribution in [0.5, 0.6) is 11.5 Å². The quantitative estimate of drug-likeness (QED) is 0.542. The van der Waals surface area contributed by atoms with E-state index in [1.165, 1.54) is 37.7 Å². The van der Waals surface area contributed by atoms with E-state index in [1.807, 2.05) is 0 Å². The number of rotatable bonds is 8. The van der Waals surface area contributed by atoms with E-state index < -0.39 is 51.5 Å². The molecule has 0 unspecified atom stereocenters. The average Bonchev–Trinajstić information content (AvgIpc) is 2.84. The van der Waals surface area contributed by atoms with Gasteiger partial charge in [-0.05, 0) is 30.6 Å². The van der Waals surface area contributed by atoms with Gasteiger partial charge in [-0.1, -0.05) is 11.6 Å². The molecule has 1 N–H and O–H groups in total. The number of anilines is 2. The van der Waals surface area contributed by atoms with Crippen molar-refractivity contribution in [1.29, 1.82) is 0 Å². The molecule has 0 spiro atoms. The van der Waals surface area contributed by atoms with E-state index in [2.05, 4.69) is 20.0 Å². The lowest BCUT2D eigenvalue weighted by Crippen LogP contribution is -2.37. The molecule has 9 heteroatoms. The Balaban J connectivity index is 1.71. The number of hydrogen-bond acceptors (Lipinski definition) is 7. The van der Waals surface area contributed by atoms with Gasteiger partial charge in [0.25, 0.3) is 0 Å². The molecule has 0 atom stereocenters. The molecule has 1 saturated heterocycles. The van der Waals surface area contributed by atoms with E-state index in [0.29, 0.717) is 16.1 Å². The predicted molar refractivity (Wildman–Crippen MR) is 118 cm³/mol. The van der Waals surface area contributed by atoms with E-state index in [9.17, 15) is 4.39 Å². The molecular weight excluding hydrogens is 423 g/mol. The third-order valence-electron chi connectivity index (χ3n) is 4.18. The maximum absolute atomic E-state index is 13.6. The first-order chi connectivity index (χ1) is 18.8. The molecule has 0 amide bonds. The van der Waals surface area contributed by atoms with Crippen LogP contribution in [0.3, 0.4) is 0 Å². The minimum Gasteiger partial charge on any atom is -0.493 e. The van der Waals surface area contributed by atoms with Crippen LogP contribution < -0.4 is 14.8 Å². The van der Waals surface area contributed by atoms with Crippen molar-refractivity contribution in [2.24, 2.45) is 0 Å². The first-order valence-electron chi connectivity index (χ1n) is 14.0. The van der Waals surface area contributed by atoms with Crippen molar-refractivity contribution in [3.63, 3.8) is 0 Å². The zero-order valence-electron chi connectivity index (χ0n) is 26.2. The second-order valence-electron chi connectivity index (χ2n) is 6.18. The largest absolute Gasteiger partial charge is 0.493 e. The van der Waals surface area contributed by atoms with Gasteiger partial charge < -0.3 is 19.5 Å². The summed E-state index contributed by atoms with van der Waals surface area (Å²) in [5.41, 5.74) is 0.663. The molecular formula is C22H24ClFN4O3. The van der Waals surface area contributed by atoms with Crippen molar-refractivity contribution >= 4 is 34.0 Å². The van der Waals surface area contributed by atoms with Crippen LogP contribution in [-0.4, -0.2) is 61.2 Å². The first kappa shape index (κ1) is 12.4. The predicted octanol–water partition coefficient (Wildman–Crippen LogP) is 4.28. The van der Waals surface area contributed by atoms with E-state index in [0.717, 1.165) is 6.07 Å². The number of ether oxygens (including phenoxy) is 3. The van der Waals surface area contributed by atoms with Crippen LogP contribution in [0.4, 0.5) is 15.9 Å². The Labute approximate surface area is 199 Å². The Morgan fingerprint density at radius 1 is 1.26 bits per heavy atom. The van der Waals surface area contributed by atoms with Gasteiger partial charge in [-0.3, -0.25) is 4.90 Å². The zero-order valence-corrected chi connectivity index (χ0v) is 17.0. The van der Waals surface area contributed by atoms with Crippen LogP contribution in [0.25, 0.3) is 10.9 Å². The fourth-order valence-electron chi connectivity index (χ4n) is 2.70. The Bertz CT molecular complexity index is 1450. The monoisotopic (exact) mass is 456 g/mol. The van der Waals surface area contributed by atoms with Gasteiger partial charge in [0.2, 0.25) is 0 Å². The van der Waals surface area contributed by atoms with Crippen molar-refractivity contribution < 1.29 is 32.3 Å². The van der Waals surface area contributed by atoms with Crippen LogP contribution in [0, 0.1) is 5.82 Å². The number of nitrogens with one attached hydrogen (secondary N) is 1. The molecule has 0 saturated carbocycles. The molecule has 1 aliphatic heterocycles. The summed E-state index contributed by atoms with van der Waals surface area (Å²) < 4.78 is 111. The van der Waals surface area contributed by atoms with Crippen LogP contribution in [-0.2, 0) is 4.74 Å². The van der Waals surface area contributed by atoms with Crippen molar-refractivity contribution in [3.05, 3.63) is 47.5 Å². The fourth-order valence-corrected chi connectivity index (χ4v) is 2.88. The van der Waals surface area contributed by atoms with E-state index in [4.69, 9.17) is 34.8 Å². The van der Waals surface area contributed by atoms with E-state index in [-0.39, 0.29) is 27.7 Å². The second-order valence-corrected chi connectivity index (χ2v) is 6.59. The lowest BCUT2D eigenvalue weighted by molar-refractivity contribution is 0.0357. The fraction of sp³-hybridized carbons (Fsp3) is 0.364. The molecule has 1 aromatic heterocycles. The lowest BCUT2D eigenvalue weighted by atomic mass is 10.2. The zero-order chi connectivity index (χ0) is 30.6. The average molecular weight is 457 g/mol. The Morgan fingerprint density at radius 2 is 2.10 bits per heavy atom. The number of methoxy groups -OCH3 is 1. The number of aromatic nitrogens is 2. The van der Waals surface area contributed by atoms with Gasteiger partial charge in [-0.2, -0.15) is 0 Å². The maximum atomic E-state index is 13.6. The van der Waals surface area contributed by atoms with Gasteiger partial charge in [0.15, 0.2) is 11.5 Å². The normalized spacial score (nSPS) is 24.0. The van der Waals surface area contributed by atoms with Crippen molar-refractivity contribution in [2.45, 2.75) is 6.37 Å². The summed E-state index contributed by atoms with van der Waals surface area (Å²) in [6.45, 7) is -13.8. The van der Waals surface area contributed by atoms with Gasteiger partial charge in [0, 0.05) is 42.2 Å². The summed E-state index contributed by atoms with van der Waals surface area (Å²) in [7, 11) is 1.25. The van der Waals surface area contributed by atoms with Gasteiger partial charge >= 0.3 is 0 Å². The highest BCUT2D eigenvalue weighted by molar-refractivity contribution is 6.31. The highest BCUT2D eigenvalue weighted by atomic mass is 35.5. The number of benzene rings is 2. The number of morpholine rings is 1. The van der Waals surface area contributed by atoms with Crippen molar-refractivity contribution in [1.82, 2.24) is 14.9 Å². The smallest absolute Gasteiger partial charge is 0.162 e. The third kappa shape index (κ3) is 5.33. The van der Waals surface area contributed by atoms with E-state index in [1.54, 1.807) is 0 Å². The summed E-state index contributed by atoms with van der Waals surface area (Å²) in [4.78, 5) is 8.80. The van der Waals surface area contributed by atoms with Crippen LogP contribution in [0.2, 0.25) is 5.02 Å². The Hall–Kier alpha value is -2.68. The molecule has 3 aromatic rings.